The maximum absolute atomic E-state index is 5.78. The molecule has 1 atom stereocenters. The predicted molar refractivity (Wildman–Crippen MR) is 55.1 cm³/mol. The monoisotopic (exact) mass is 175 g/mol. The highest BCUT2D eigenvalue weighted by molar-refractivity contribution is 7.99. The lowest BCUT2D eigenvalue weighted by molar-refractivity contribution is 0.589. The fourth-order valence-electron chi connectivity index (χ4n) is 0.898. The van der Waals surface area contributed by atoms with Crippen molar-refractivity contribution < 1.29 is 0 Å². The van der Waals surface area contributed by atoms with Crippen molar-refractivity contribution in [3.8, 4) is 0 Å². The van der Waals surface area contributed by atoms with Gasteiger partial charge in [-0.25, -0.2) is 0 Å². The predicted octanol–water partition coefficient (Wildman–Crippen LogP) is 2.65. The van der Waals surface area contributed by atoms with Crippen LogP contribution < -0.4 is 5.73 Å². The van der Waals surface area contributed by atoms with Crippen molar-refractivity contribution in [2.24, 2.45) is 5.73 Å². The summed E-state index contributed by atoms with van der Waals surface area (Å²) in [4.78, 5) is 0. The van der Waals surface area contributed by atoms with Crippen molar-refractivity contribution in [1.29, 1.82) is 0 Å². The Balaban J connectivity index is 2.89. The highest BCUT2D eigenvalue weighted by Gasteiger charge is 1.97. The zero-order valence-corrected chi connectivity index (χ0v) is 8.62. The summed E-state index contributed by atoms with van der Waals surface area (Å²) in [7, 11) is 0. The van der Waals surface area contributed by atoms with Crippen LogP contribution in [0, 0.1) is 0 Å². The average molecular weight is 175 g/mol. The van der Waals surface area contributed by atoms with Gasteiger partial charge in [0.25, 0.3) is 0 Å². The van der Waals surface area contributed by atoms with Crippen molar-refractivity contribution in [3.63, 3.8) is 0 Å². The first-order chi connectivity index (χ1) is 5.31. The van der Waals surface area contributed by atoms with Crippen LogP contribution in [0.15, 0.2) is 0 Å². The summed E-state index contributed by atoms with van der Waals surface area (Å²) >= 11 is 2.05. The van der Waals surface area contributed by atoms with Crippen LogP contribution in [0.4, 0.5) is 0 Å². The summed E-state index contributed by atoms with van der Waals surface area (Å²) in [6, 6.07) is 0.442. The molecule has 1 nitrogen and oxygen atoms in total. The number of nitrogens with two attached hydrogens (primary N) is 1. The van der Waals surface area contributed by atoms with E-state index in [1.807, 2.05) is 0 Å². The smallest absolute Gasteiger partial charge is 0.00364 e. The zero-order valence-electron chi connectivity index (χ0n) is 7.81. The molecular weight excluding hydrogens is 154 g/mol. The lowest BCUT2D eigenvalue weighted by atomic mass is 10.1. The molecule has 68 valence electrons. The first-order valence-corrected chi connectivity index (χ1v) is 5.80. The van der Waals surface area contributed by atoms with Gasteiger partial charge < -0.3 is 5.73 Å². The van der Waals surface area contributed by atoms with Crippen LogP contribution in [0.25, 0.3) is 0 Å². The molecule has 0 saturated carbocycles. The maximum Gasteiger partial charge on any atom is 0.00364 e. The Hall–Kier alpha value is 0.310. The van der Waals surface area contributed by atoms with E-state index >= 15 is 0 Å². The summed E-state index contributed by atoms with van der Waals surface area (Å²) in [5, 5.41) is 0. The van der Waals surface area contributed by atoms with Gasteiger partial charge in [0.2, 0.25) is 0 Å². The molecule has 0 aromatic carbocycles. The minimum Gasteiger partial charge on any atom is -0.328 e. The zero-order chi connectivity index (χ0) is 8.53. The second-order valence-electron chi connectivity index (χ2n) is 2.92. The van der Waals surface area contributed by atoms with Gasteiger partial charge >= 0.3 is 0 Å². The molecule has 0 amide bonds. The van der Waals surface area contributed by atoms with E-state index < -0.39 is 0 Å². The molecule has 2 heteroatoms. The SMILES string of the molecule is CCCSCCCC(N)CC. The fourth-order valence-corrected chi connectivity index (χ4v) is 1.76. The molecule has 2 N–H and O–H groups in total. The van der Waals surface area contributed by atoms with E-state index in [0.29, 0.717) is 6.04 Å². The topological polar surface area (TPSA) is 26.0 Å². The Labute approximate surface area is 75.1 Å². The van der Waals surface area contributed by atoms with E-state index in [4.69, 9.17) is 5.73 Å². The summed E-state index contributed by atoms with van der Waals surface area (Å²) in [5.41, 5.74) is 5.78. The van der Waals surface area contributed by atoms with E-state index in [2.05, 4.69) is 25.6 Å². The maximum atomic E-state index is 5.78. The van der Waals surface area contributed by atoms with Gasteiger partial charge in [-0.1, -0.05) is 13.8 Å². The Morgan fingerprint density at radius 3 is 2.55 bits per heavy atom. The molecule has 0 bridgehead atoms. The quantitative estimate of drug-likeness (QED) is 0.602. The van der Waals surface area contributed by atoms with Gasteiger partial charge in [0, 0.05) is 6.04 Å². The largest absolute Gasteiger partial charge is 0.328 e. The molecule has 11 heavy (non-hydrogen) atoms. The van der Waals surface area contributed by atoms with Crippen LogP contribution in [0.2, 0.25) is 0 Å². The first-order valence-electron chi connectivity index (χ1n) is 4.64. The minimum atomic E-state index is 0.442. The van der Waals surface area contributed by atoms with Crippen molar-refractivity contribution >= 4 is 11.8 Å². The molecule has 0 radical (unpaired) electrons. The van der Waals surface area contributed by atoms with Gasteiger partial charge in [-0.2, -0.15) is 11.8 Å². The van der Waals surface area contributed by atoms with Crippen LogP contribution >= 0.6 is 11.8 Å². The molecule has 0 fully saturated rings. The second-order valence-corrected chi connectivity index (χ2v) is 4.15. The van der Waals surface area contributed by atoms with Crippen LogP contribution in [0.1, 0.15) is 39.5 Å². The highest BCUT2D eigenvalue weighted by atomic mass is 32.2. The average Bonchev–Trinajstić information content (AvgIpc) is 2.04. The molecule has 0 aliphatic heterocycles. The second kappa shape index (κ2) is 8.41. The van der Waals surface area contributed by atoms with Crippen molar-refractivity contribution in [2.75, 3.05) is 11.5 Å². The summed E-state index contributed by atoms with van der Waals surface area (Å²) in [5.74, 6) is 2.60. The van der Waals surface area contributed by atoms with E-state index in [1.54, 1.807) is 0 Å². The summed E-state index contributed by atoms with van der Waals surface area (Å²) < 4.78 is 0. The van der Waals surface area contributed by atoms with E-state index in [9.17, 15) is 0 Å². The van der Waals surface area contributed by atoms with E-state index in [0.717, 1.165) is 6.42 Å². The van der Waals surface area contributed by atoms with Crippen LogP contribution in [0.5, 0.6) is 0 Å². The van der Waals surface area contributed by atoms with Crippen molar-refractivity contribution in [1.82, 2.24) is 0 Å². The van der Waals surface area contributed by atoms with E-state index in [1.165, 1.54) is 30.8 Å². The van der Waals surface area contributed by atoms with Gasteiger partial charge in [-0.05, 0) is 37.2 Å². The third-order valence-electron chi connectivity index (χ3n) is 1.74. The molecule has 0 spiro atoms. The molecule has 0 rings (SSSR count). The van der Waals surface area contributed by atoms with Gasteiger partial charge in [0.1, 0.15) is 0 Å². The van der Waals surface area contributed by atoms with Gasteiger partial charge in [0.15, 0.2) is 0 Å². The molecule has 0 aromatic heterocycles. The molecule has 0 heterocycles. The number of hydrogen-bond acceptors (Lipinski definition) is 2. The Morgan fingerprint density at radius 1 is 1.27 bits per heavy atom. The first kappa shape index (κ1) is 11.3. The van der Waals surface area contributed by atoms with Gasteiger partial charge in [-0.3, -0.25) is 0 Å². The Bertz CT molecular complexity index is 76.0. The molecule has 0 saturated heterocycles. The van der Waals surface area contributed by atoms with Crippen molar-refractivity contribution in [3.05, 3.63) is 0 Å². The van der Waals surface area contributed by atoms with Crippen LogP contribution in [0.3, 0.4) is 0 Å². The fraction of sp³-hybridized carbons (Fsp3) is 1.00. The Morgan fingerprint density at radius 2 is 2.00 bits per heavy atom. The number of thioether (sulfide) groups is 1. The van der Waals surface area contributed by atoms with Gasteiger partial charge in [-0.15, -0.1) is 0 Å². The Kier molecular flexibility index (Phi) is 8.64. The minimum absolute atomic E-state index is 0.442. The summed E-state index contributed by atoms with van der Waals surface area (Å²) in [6.07, 6.45) is 4.91. The normalized spacial score (nSPS) is 13.4. The number of hydrogen-bond donors (Lipinski definition) is 1. The van der Waals surface area contributed by atoms with Crippen LogP contribution in [-0.4, -0.2) is 17.5 Å². The third kappa shape index (κ3) is 8.21. The lowest BCUT2D eigenvalue weighted by Crippen LogP contribution is -2.18. The standard InChI is InChI=1S/C9H21NS/c1-3-7-11-8-5-6-9(10)4-2/h9H,3-8,10H2,1-2H3. The van der Waals surface area contributed by atoms with E-state index in [-0.39, 0.29) is 0 Å². The van der Waals surface area contributed by atoms with Crippen molar-refractivity contribution in [2.45, 2.75) is 45.6 Å². The molecule has 0 aliphatic rings. The van der Waals surface area contributed by atoms with Gasteiger partial charge in [0.05, 0.1) is 0 Å². The summed E-state index contributed by atoms with van der Waals surface area (Å²) in [6.45, 7) is 4.38. The molecule has 0 aromatic rings. The molecule has 0 aliphatic carbocycles. The van der Waals surface area contributed by atoms with Crippen LogP contribution in [-0.2, 0) is 0 Å². The highest BCUT2D eigenvalue weighted by Crippen LogP contribution is 2.07. The lowest BCUT2D eigenvalue weighted by Gasteiger charge is -2.06. The third-order valence-corrected chi connectivity index (χ3v) is 3.01. The molecule has 1 unspecified atom stereocenters. The number of rotatable bonds is 7. The molecular formula is C9H21NS.